The van der Waals surface area contributed by atoms with Gasteiger partial charge < -0.3 is 15.0 Å². The van der Waals surface area contributed by atoms with Crippen LogP contribution in [0.4, 0.5) is 16.2 Å². The molecule has 1 atom stereocenters. The molecule has 2 amide bonds. The Balaban J connectivity index is 1.95. The highest BCUT2D eigenvalue weighted by molar-refractivity contribution is 6.33. The number of halogens is 1. The third-order valence-corrected chi connectivity index (χ3v) is 4.52. The summed E-state index contributed by atoms with van der Waals surface area (Å²) in [7, 11) is 0. The molecule has 26 heavy (non-hydrogen) atoms. The van der Waals surface area contributed by atoms with E-state index in [4.69, 9.17) is 16.3 Å². The largest absolute Gasteiger partial charge is 0.450 e. The van der Waals surface area contributed by atoms with Crippen LogP contribution in [0.15, 0.2) is 18.2 Å². The van der Waals surface area contributed by atoms with Gasteiger partial charge in [0.05, 0.1) is 28.3 Å². The van der Waals surface area contributed by atoms with Crippen LogP contribution in [0.2, 0.25) is 5.02 Å². The number of nitro benzene ring substituents is 1. The number of nitro groups is 1. The fourth-order valence-electron chi connectivity index (χ4n) is 2.63. The van der Waals surface area contributed by atoms with Crippen molar-refractivity contribution in [2.24, 2.45) is 0 Å². The van der Waals surface area contributed by atoms with Gasteiger partial charge in [0, 0.05) is 38.3 Å². The fourth-order valence-corrected chi connectivity index (χ4v) is 2.80. The van der Waals surface area contributed by atoms with E-state index in [0.717, 1.165) is 0 Å². The van der Waals surface area contributed by atoms with Gasteiger partial charge in [0.25, 0.3) is 5.69 Å². The van der Waals surface area contributed by atoms with E-state index in [-0.39, 0.29) is 28.4 Å². The molecule has 2 rings (SSSR count). The van der Waals surface area contributed by atoms with Crippen molar-refractivity contribution in [1.82, 2.24) is 9.80 Å². The average molecular weight is 385 g/mol. The van der Waals surface area contributed by atoms with Crippen LogP contribution >= 0.6 is 11.6 Å². The van der Waals surface area contributed by atoms with E-state index >= 15 is 0 Å². The number of benzene rings is 1. The minimum absolute atomic E-state index is 0.152. The lowest BCUT2D eigenvalue weighted by molar-refractivity contribution is -0.384. The van der Waals surface area contributed by atoms with Crippen molar-refractivity contribution in [2.75, 3.05) is 38.1 Å². The van der Waals surface area contributed by atoms with Crippen molar-refractivity contribution in [3.63, 3.8) is 0 Å². The van der Waals surface area contributed by atoms with Gasteiger partial charge in [-0.25, -0.2) is 4.79 Å². The van der Waals surface area contributed by atoms with Gasteiger partial charge in [0.1, 0.15) is 0 Å². The first-order valence-corrected chi connectivity index (χ1v) is 8.61. The molecule has 1 aromatic carbocycles. The molecule has 1 aromatic rings. The highest BCUT2D eigenvalue weighted by atomic mass is 35.5. The van der Waals surface area contributed by atoms with Gasteiger partial charge >= 0.3 is 6.09 Å². The van der Waals surface area contributed by atoms with E-state index in [2.05, 4.69) is 5.32 Å². The van der Waals surface area contributed by atoms with E-state index in [1.165, 1.54) is 18.2 Å². The number of hydrogen-bond donors (Lipinski definition) is 1. The maximum Gasteiger partial charge on any atom is 0.409 e. The van der Waals surface area contributed by atoms with Crippen LogP contribution in [-0.2, 0) is 9.53 Å². The Hall–Kier alpha value is -2.39. The number of ether oxygens (including phenoxy) is 1. The minimum Gasteiger partial charge on any atom is -0.450 e. The number of nitrogens with one attached hydrogen (secondary N) is 1. The summed E-state index contributed by atoms with van der Waals surface area (Å²) in [5, 5.41) is 13.7. The van der Waals surface area contributed by atoms with Crippen LogP contribution in [0.25, 0.3) is 0 Å². The van der Waals surface area contributed by atoms with Gasteiger partial charge in [-0.2, -0.15) is 0 Å². The SMILES string of the molecule is CCOC(=O)N1CCN(C(C)C(=O)Nc2cc([N+](=O)[O-])ccc2Cl)CC1. The lowest BCUT2D eigenvalue weighted by atomic mass is 10.2. The number of hydrogen-bond acceptors (Lipinski definition) is 6. The molecule has 1 aliphatic rings. The molecular weight excluding hydrogens is 364 g/mol. The smallest absolute Gasteiger partial charge is 0.409 e. The topological polar surface area (TPSA) is 105 Å². The maximum atomic E-state index is 12.5. The number of piperazine rings is 1. The number of rotatable bonds is 5. The minimum atomic E-state index is -0.552. The first-order chi connectivity index (χ1) is 12.3. The van der Waals surface area contributed by atoms with Gasteiger partial charge in [0.15, 0.2) is 0 Å². The number of nitrogens with zero attached hydrogens (tertiary/aromatic N) is 3. The summed E-state index contributed by atoms with van der Waals surface area (Å²) in [5.74, 6) is -0.322. The zero-order valence-electron chi connectivity index (χ0n) is 14.6. The molecule has 1 aliphatic heterocycles. The van der Waals surface area contributed by atoms with Crippen LogP contribution in [-0.4, -0.2) is 65.6 Å². The van der Waals surface area contributed by atoms with E-state index in [0.29, 0.717) is 32.8 Å². The summed E-state index contributed by atoms with van der Waals surface area (Å²) in [6.45, 7) is 5.79. The monoisotopic (exact) mass is 384 g/mol. The van der Waals surface area contributed by atoms with Crippen molar-refractivity contribution in [3.8, 4) is 0 Å². The van der Waals surface area contributed by atoms with E-state index < -0.39 is 11.0 Å². The third kappa shape index (κ3) is 4.83. The second kappa shape index (κ2) is 8.81. The van der Waals surface area contributed by atoms with Crippen molar-refractivity contribution in [1.29, 1.82) is 0 Å². The number of carbonyl (C=O) groups is 2. The van der Waals surface area contributed by atoms with Gasteiger partial charge in [-0.1, -0.05) is 11.6 Å². The van der Waals surface area contributed by atoms with Crippen molar-refractivity contribution in [2.45, 2.75) is 19.9 Å². The van der Waals surface area contributed by atoms with Crippen LogP contribution in [0.3, 0.4) is 0 Å². The molecule has 1 N–H and O–H groups in total. The number of amides is 2. The predicted octanol–water partition coefficient (Wildman–Crippen LogP) is 2.35. The average Bonchev–Trinajstić information content (AvgIpc) is 2.63. The fraction of sp³-hybridized carbons (Fsp3) is 0.500. The molecule has 0 bridgehead atoms. The zero-order valence-corrected chi connectivity index (χ0v) is 15.4. The van der Waals surface area contributed by atoms with Crippen LogP contribution in [0, 0.1) is 10.1 Å². The van der Waals surface area contributed by atoms with Gasteiger partial charge in [0.2, 0.25) is 5.91 Å². The molecule has 0 spiro atoms. The number of carbonyl (C=O) groups excluding carboxylic acids is 2. The Morgan fingerprint density at radius 1 is 1.35 bits per heavy atom. The summed E-state index contributed by atoms with van der Waals surface area (Å²) in [6, 6.07) is 3.40. The van der Waals surface area contributed by atoms with Gasteiger partial charge in [-0.05, 0) is 19.9 Å². The Morgan fingerprint density at radius 2 is 2.00 bits per heavy atom. The Kier molecular flexibility index (Phi) is 6.76. The maximum absolute atomic E-state index is 12.5. The zero-order chi connectivity index (χ0) is 19.3. The summed E-state index contributed by atoms with van der Waals surface area (Å²) >= 11 is 6.01. The van der Waals surface area contributed by atoms with E-state index in [1.807, 2.05) is 4.90 Å². The van der Waals surface area contributed by atoms with Gasteiger partial charge in [-0.15, -0.1) is 0 Å². The third-order valence-electron chi connectivity index (χ3n) is 4.19. The lowest BCUT2D eigenvalue weighted by Gasteiger charge is -2.36. The Morgan fingerprint density at radius 3 is 2.58 bits per heavy atom. The molecule has 142 valence electrons. The van der Waals surface area contributed by atoms with Crippen LogP contribution < -0.4 is 5.32 Å². The first-order valence-electron chi connectivity index (χ1n) is 8.24. The van der Waals surface area contributed by atoms with Gasteiger partial charge in [-0.3, -0.25) is 19.8 Å². The molecule has 0 aliphatic carbocycles. The number of anilines is 1. The highest BCUT2D eigenvalue weighted by Gasteiger charge is 2.28. The molecule has 1 saturated heterocycles. The normalized spacial score (nSPS) is 16.0. The molecule has 1 unspecified atom stereocenters. The standard InChI is InChI=1S/C16H21ClN4O5/c1-3-26-16(23)20-8-6-19(7-9-20)11(2)15(22)18-14-10-12(21(24)25)4-5-13(14)17/h4-5,10-11H,3,6-9H2,1-2H3,(H,18,22). The van der Waals surface area contributed by atoms with Crippen molar-refractivity contribution >= 4 is 35.0 Å². The summed E-state index contributed by atoms with van der Waals surface area (Å²) < 4.78 is 4.97. The summed E-state index contributed by atoms with van der Waals surface area (Å²) in [5.41, 5.74) is 0.0447. The van der Waals surface area contributed by atoms with E-state index in [9.17, 15) is 19.7 Å². The summed E-state index contributed by atoms with van der Waals surface area (Å²) in [4.78, 5) is 38.0. The van der Waals surface area contributed by atoms with Crippen LogP contribution in [0.5, 0.6) is 0 Å². The Labute approximate surface area is 156 Å². The van der Waals surface area contributed by atoms with Crippen molar-refractivity contribution < 1.29 is 19.2 Å². The second-order valence-electron chi connectivity index (χ2n) is 5.81. The molecule has 1 fully saturated rings. The Bertz CT molecular complexity index is 691. The molecular formula is C16H21ClN4O5. The molecule has 0 aromatic heterocycles. The predicted molar refractivity (Wildman–Crippen MR) is 96.4 cm³/mol. The highest BCUT2D eigenvalue weighted by Crippen LogP contribution is 2.27. The lowest BCUT2D eigenvalue weighted by Crippen LogP contribution is -2.54. The first kappa shape index (κ1) is 19.9. The molecule has 1 heterocycles. The second-order valence-corrected chi connectivity index (χ2v) is 6.22. The van der Waals surface area contributed by atoms with E-state index in [1.54, 1.807) is 18.7 Å². The number of non-ortho nitro benzene ring substituents is 1. The molecule has 10 heteroatoms. The summed E-state index contributed by atoms with van der Waals surface area (Å²) in [6.07, 6.45) is -0.354. The van der Waals surface area contributed by atoms with Crippen LogP contribution in [0.1, 0.15) is 13.8 Å². The molecule has 0 radical (unpaired) electrons. The quantitative estimate of drug-likeness (QED) is 0.617. The molecule has 0 saturated carbocycles. The molecule has 9 nitrogen and oxygen atoms in total. The van der Waals surface area contributed by atoms with Crippen molar-refractivity contribution in [3.05, 3.63) is 33.3 Å².